The third-order valence-corrected chi connectivity index (χ3v) is 3.57. The van der Waals surface area contributed by atoms with Crippen molar-refractivity contribution in [3.8, 4) is 0 Å². The lowest BCUT2D eigenvalue weighted by Crippen LogP contribution is -2.51. The zero-order valence-electron chi connectivity index (χ0n) is 13.5. The number of carbonyl (C=O) groups excluding carboxylic acids is 2. The molecule has 1 rings (SSSR count). The first-order valence-electron chi connectivity index (χ1n) is 7.54. The van der Waals surface area contributed by atoms with E-state index >= 15 is 0 Å². The Hall–Kier alpha value is -1.70. The van der Waals surface area contributed by atoms with Crippen molar-refractivity contribution in [3.63, 3.8) is 0 Å². The van der Waals surface area contributed by atoms with Crippen LogP contribution >= 0.6 is 0 Å². The Bertz CT molecular complexity index is 425. The van der Waals surface area contributed by atoms with Crippen molar-refractivity contribution in [3.05, 3.63) is 25.3 Å². The average molecular weight is 327 g/mol. The maximum atomic E-state index is 12.7. The second-order valence-electron chi connectivity index (χ2n) is 5.16. The number of hydrogen-bond acceptors (Lipinski definition) is 6. The zero-order valence-corrected chi connectivity index (χ0v) is 13.5. The molecular formula is C16H25NO6. The molecule has 23 heavy (non-hydrogen) atoms. The molecule has 0 saturated carbocycles. The minimum Gasteiger partial charge on any atom is -0.467 e. The van der Waals surface area contributed by atoms with E-state index in [0.29, 0.717) is 19.8 Å². The quantitative estimate of drug-likeness (QED) is 0.352. The summed E-state index contributed by atoms with van der Waals surface area (Å²) in [6, 6.07) is -0.109. The fourth-order valence-electron chi connectivity index (χ4n) is 2.46. The molecule has 0 spiro atoms. The number of rotatable bonds is 10. The van der Waals surface area contributed by atoms with Gasteiger partial charge in [-0.3, -0.25) is 4.79 Å². The molecule has 0 bridgehead atoms. The van der Waals surface area contributed by atoms with Crippen molar-refractivity contribution < 1.29 is 28.9 Å². The molecule has 0 aliphatic carbocycles. The van der Waals surface area contributed by atoms with Gasteiger partial charge in [-0.1, -0.05) is 12.2 Å². The van der Waals surface area contributed by atoms with E-state index in [1.54, 1.807) is 11.0 Å². The molecule has 1 N–H and O–H groups in total. The van der Waals surface area contributed by atoms with Crippen molar-refractivity contribution in [1.29, 1.82) is 0 Å². The lowest BCUT2D eigenvalue weighted by atomic mass is 10.1. The van der Waals surface area contributed by atoms with Gasteiger partial charge in [-0.2, -0.15) is 0 Å². The molecule has 0 unspecified atom stereocenters. The molecule has 1 heterocycles. The summed E-state index contributed by atoms with van der Waals surface area (Å²) in [6.45, 7) is 8.42. The van der Waals surface area contributed by atoms with Crippen LogP contribution in [0.3, 0.4) is 0 Å². The first-order chi connectivity index (χ1) is 11.1. The number of ether oxygens (including phenoxy) is 3. The number of nitrogens with zero attached hydrogens (tertiary/aromatic N) is 1. The van der Waals surface area contributed by atoms with E-state index in [-0.39, 0.29) is 12.6 Å². The van der Waals surface area contributed by atoms with E-state index in [0.717, 1.165) is 20.0 Å². The molecule has 1 aliphatic rings. The summed E-state index contributed by atoms with van der Waals surface area (Å²) in [5.41, 5.74) is 0. The Labute approximate surface area is 136 Å². The first-order valence-corrected chi connectivity index (χ1v) is 7.54. The van der Waals surface area contributed by atoms with Gasteiger partial charge in [0.2, 0.25) is 0 Å². The van der Waals surface area contributed by atoms with Gasteiger partial charge in [-0.25, -0.2) is 4.79 Å². The Morgan fingerprint density at radius 3 is 2.65 bits per heavy atom. The fourth-order valence-corrected chi connectivity index (χ4v) is 2.46. The predicted molar refractivity (Wildman–Crippen MR) is 83.7 cm³/mol. The van der Waals surface area contributed by atoms with E-state index in [1.807, 2.05) is 0 Å². The molecule has 1 amide bonds. The molecule has 1 aliphatic heterocycles. The number of hydrogen-bond donors (Lipinski definition) is 1. The summed E-state index contributed by atoms with van der Waals surface area (Å²) < 4.78 is 15.2. The highest BCUT2D eigenvalue weighted by molar-refractivity contribution is 5.89. The van der Waals surface area contributed by atoms with Gasteiger partial charge < -0.3 is 24.2 Å². The minimum absolute atomic E-state index is 0.0376. The molecule has 1 fully saturated rings. The number of methoxy groups -OCH3 is 1. The monoisotopic (exact) mass is 327 g/mol. The Kier molecular flexibility index (Phi) is 8.53. The molecule has 3 atom stereocenters. The summed E-state index contributed by atoms with van der Waals surface area (Å²) in [5, 5.41) is 10.0. The number of likely N-dealkylation sites (tertiary alicyclic amines) is 1. The number of aliphatic hydroxyl groups is 1. The van der Waals surface area contributed by atoms with Crippen molar-refractivity contribution in [2.24, 2.45) is 0 Å². The van der Waals surface area contributed by atoms with Crippen molar-refractivity contribution >= 4 is 11.9 Å². The Balaban J connectivity index is 2.78. The maximum Gasteiger partial charge on any atom is 0.338 e. The number of amides is 1. The molecule has 130 valence electrons. The summed E-state index contributed by atoms with van der Waals surface area (Å²) in [5.74, 6) is -1.36. The van der Waals surface area contributed by atoms with E-state index in [4.69, 9.17) is 9.47 Å². The molecular weight excluding hydrogens is 302 g/mol. The largest absolute Gasteiger partial charge is 0.467 e. The van der Waals surface area contributed by atoms with Gasteiger partial charge in [0.1, 0.15) is 0 Å². The highest BCUT2D eigenvalue weighted by atomic mass is 16.6. The number of aliphatic hydroxyl groups excluding tert-OH is 1. The van der Waals surface area contributed by atoms with E-state index in [9.17, 15) is 14.7 Å². The smallest absolute Gasteiger partial charge is 0.338 e. The van der Waals surface area contributed by atoms with Gasteiger partial charge in [-0.15, -0.1) is 13.2 Å². The molecule has 0 aromatic heterocycles. The molecule has 0 aromatic rings. The highest BCUT2D eigenvalue weighted by Crippen LogP contribution is 2.20. The number of carbonyl (C=O) groups is 2. The van der Waals surface area contributed by atoms with Crippen LogP contribution in [0.25, 0.3) is 0 Å². The Morgan fingerprint density at radius 2 is 2.04 bits per heavy atom. The van der Waals surface area contributed by atoms with Crippen molar-refractivity contribution in [1.82, 2.24) is 4.90 Å². The summed E-state index contributed by atoms with van der Waals surface area (Å²) >= 11 is 0. The van der Waals surface area contributed by atoms with Crippen molar-refractivity contribution in [2.45, 2.75) is 31.1 Å². The van der Waals surface area contributed by atoms with Crippen LogP contribution < -0.4 is 0 Å². The van der Waals surface area contributed by atoms with Gasteiger partial charge in [-0.05, 0) is 12.8 Å². The SMILES string of the molecule is C=CCOC[C@H]1CCCN1C(=O)[C@H](OCC=C)[C@H](O)C(=O)OC. The van der Waals surface area contributed by atoms with Crippen LogP contribution in [-0.2, 0) is 23.8 Å². The van der Waals surface area contributed by atoms with E-state index in [1.165, 1.54) is 6.08 Å². The first kappa shape index (κ1) is 19.3. The van der Waals surface area contributed by atoms with E-state index < -0.39 is 24.1 Å². The number of esters is 1. The predicted octanol–water partition coefficient (Wildman–Crippen LogP) is 0.285. The standard InChI is InChI=1S/C16H25NO6/c1-4-9-22-11-12-7-6-8-17(12)15(19)14(23-10-5-2)13(18)16(20)21-3/h4-5,12-14,18H,1-2,6-11H2,3H3/t12-,13+,14-/m1/s1. The lowest BCUT2D eigenvalue weighted by Gasteiger charge is -2.29. The summed E-state index contributed by atoms with van der Waals surface area (Å²) in [7, 11) is 1.14. The van der Waals surface area contributed by atoms with Gasteiger partial charge in [0.05, 0.1) is 33.0 Å². The summed E-state index contributed by atoms with van der Waals surface area (Å²) in [4.78, 5) is 25.8. The fraction of sp³-hybridized carbons (Fsp3) is 0.625. The average Bonchev–Trinajstić information content (AvgIpc) is 3.02. The third kappa shape index (κ3) is 5.46. The van der Waals surface area contributed by atoms with Gasteiger partial charge in [0.15, 0.2) is 12.2 Å². The highest BCUT2D eigenvalue weighted by Gasteiger charge is 2.40. The summed E-state index contributed by atoms with van der Waals surface area (Å²) in [6.07, 6.45) is 1.71. The zero-order chi connectivity index (χ0) is 17.2. The Morgan fingerprint density at radius 1 is 1.35 bits per heavy atom. The normalized spacial score (nSPS) is 19.9. The second-order valence-corrected chi connectivity index (χ2v) is 5.16. The van der Waals surface area contributed by atoms with Crippen LogP contribution in [-0.4, -0.2) is 73.6 Å². The van der Waals surface area contributed by atoms with Crippen LogP contribution in [0.1, 0.15) is 12.8 Å². The lowest BCUT2D eigenvalue weighted by molar-refractivity contribution is -0.169. The molecule has 0 radical (unpaired) electrons. The van der Waals surface area contributed by atoms with Crippen LogP contribution in [0.15, 0.2) is 25.3 Å². The van der Waals surface area contributed by atoms with Gasteiger partial charge >= 0.3 is 5.97 Å². The van der Waals surface area contributed by atoms with Gasteiger partial charge in [0.25, 0.3) is 5.91 Å². The van der Waals surface area contributed by atoms with Crippen molar-refractivity contribution in [2.75, 3.05) is 33.5 Å². The third-order valence-electron chi connectivity index (χ3n) is 3.57. The van der Waals surface area contributed by atoms with Crippen LogP contribution in [0.5, 0.6) is 0 Å². The van der Waals surface area contributed by atoms with Crippen LogP contribution in [0, 0.1) is 0 Å². The molecule has 7 heteroatoms. The molecule has 7 nitrogen and oxygen atoms in total. The van der Waals surface area contributed by atoms with Gasteiger partial charge in [0, 0.05) is 6.54 Å². The maximum absolute atomic E-state index is 12.7. The topological polar surface area (TPSA) is 85.3 Å². The van der Waals surface area contributed by atoms with Crippen LogP contribution in [0.2, 0.25) is 0 Å². The van der Waals surface area contributed by atoms with Crippen LogP contribution in [0.4, 0.5) is 0 Å². The second kappa shape index (κ2) is 10.1. The minimum atomic E-state index is -1.68. The molecule has 1 saturated heterocycles. The van der Waals surface area contributed by atoms with E-state index in [2.05, 4.69) is 17.9 Å². The molecule has 0 aromatic carbocycles.